The summed E-state index contributed by atoms with van der Waals surface area (Å²) in [6, 6.07) is 12.6. The molecule has 0 unspecified atom stereocenters. The van der Waals surface area contributed by atoms with Crippen molar-refractivity contribution in [3.63, 3.8) is 0 Å². The van der Waals surface area contributed by atoms with E-state index in [1.165, 1.54) is 40.0 Å². The van der Waals surface area contributed by atoms with Crippen LogP contribution >= 0.6 is 11.3 Å². The van der Waals surface area contributed by atoms with Crippen LogP contribution in [0, 0.1) is 10.1 Å². The normalized spacial score (nSPS) is 11.7. The van der Waals surface area contributed by atoms with E-state index in [4.69, 9.17) is 0 Å². The fourth-order valence-electron chi connectivity index (χ4n) is 3.35. The minimum Gasteiger partial charge on any atom is -0.316 e. The summed E-state index contributed by atoms with van der Waals surface area (Å²) in [4.78, 5) is 41.7. The first-order chi connectivity index (χ1) is 17.5. The molecule has 0 atom stereocenters. The number of hydrogen-bond acceptors (Lipinski definition) is 8. The number of rotatable bonds is 6. The number of anilines is 1. The highest BCUT2D eigenvalue weighted by Gasteiger charge is 2.22. The Morgan fingerprint density at radius 1 is 1.11 bits per heavy atom. The molecule has 11 nitrogen and oxygen atoms in total. The van der Waals surface area contributed by atoms with Gasteiger partial charge < -0.3 is 4.90 Å². The lowest BCUT2D eigenvalue weighted by Crippen LogP contribution is -2.22. The molecule has 12 heteroatoms. The van der Waals surface area contributed by atoms with E-state index in [-0.39, 0.29) is 22.7 Å². The third-order valence-electron chi connectivity index (χ3n) is 5.66. The molecule has 2 heterocycles. The average molecular weight is 520 g/mol. The van der Waals surface area contributed by atoms with Crippen molar-refractivity contribution in [2.75, 3.05) is 11.9 Å². The zero-order valence-corrected chi connectivity index (χ0v) is 21.7. The first kappa shape index (κ1) is 25.6. The number of benzene rings is 2. The second-order valence-electron chi connectivity index (χ2n) is 9.34. The number of nitro benzene ring substituents is 1. The van der Waals surface area contributed by atoms with Crippen LogP contribution < -0.4 is 10.5 Å². The van der Waals surface area contributed by atoms with E-state index in [0.29, 0.717) is 27.8 Å². The molecule has 1 amide bonds. The number of aromatic amines is 1. The fraction of sp³-hybridized carbons (Fsp3) is 0.240. The minimum absolute atomic E-state index is 0.0336. The van der Waals surface area contributed by atoms with Gasteiger partial charge in [0, 0.05) is 48.2 Å². The van der Waals surface area contributed by atoms with Crippen molar-refractivity contribution < 1.29 is 9.72 Å². The van der Waals surface area contributed by atoms with Crippen LogP contribution in [0.3, 0.4) is 0 Å². The Hall–Kier alpha value is -4.45. The van der Waals surface area contributed by atoms with Crippen molar-refractivity contribution in [3.05, 3.63) is 80.1 Å². The third kappa shape index (κ3) is 5.38. The zero-order chi connectivity index (χ0) is 26.9. The maximum absolute atomic E-state index is 13.4. The first-order valence-electron chi connectivity index (χ1n) is 11.3. The molecule has 0 bridgehead atoms. The Morgan fingerprint density at radius 3 is 2.30 bits per heavy atom. The lowest BCUT2D eigenvalue weighted by molar-refractivity contribution is -0.384. The number of carbonyl (C=O) groups excluding carboxylic acids is 1. The summed E-state index contributed by atoms with van der Waals surface area (Å²) in [5.41, 5.74) is 2.20. The van der Waals surface area contributed by atoms with E-state index in [1.54, 1.807) is 43.4 Å². The Bertz CT molecular complexity index is 1540. The van der Waals surface area contributed by atoms with Crippen LogP contribution in [0.1, 0.15) is 33.4 Å². The van der Waals surface area contributed by atoms with Crippen LogP contribution in [0.2, 0.25) is 0 Å². The standard InChI is InChI=1S/C25H25N7O4S/c1-15(33)30(5)18-12-8-17(9-13-18)27-28-22-21(16-6-10-19(11-7-16)32(35)36)29-31(23(22)34)24-26-20(14-37-24)25(2,3)4/h6-14,29H,1-5H3. The average Bonchev–Trinajstić information content (AvgIpc) is 3.47. The number of hydrogen-bond donors (Lipinski definition) is 1. The summed E-state index contributed by atoms with van der Waals surface area (Å²) < 4.78 is 1.30. The van der Waals surface area contributed by atoms with Gasteiger partial charge in [-0.2, -0.15) is 9.80 Å². The summed E-state index contributed by atoms with van der Waals surface area (Å²) in [7, 11) is 1.67. The van der Waals surface area contributed by atoms with Gasteiger partial charge in [0.1, 0.15) is 0 Å². The van der Waals surface area contributed by atoms with Gasteiger partial charge in [0.2, 0.25) is 11.0 Å². The molecule has 4 aromatic rings. The van der Waals surface area contributed by atoms with E-state index in [1.807, 2.05) is 26.2 Å². The van der Waals surface area contributed by atoms with Gasteiger partial charge in [-0.15, -0.1) is 16.5 Å². The summed E-state index contributed by atoms with van der Waals surface area (Å²) in [6.07, 6.45) is 0. The van der Waals surface area contributed by atoms with Gasteiger partial charge in [0.15, 0.2) is 5.69 Å². The van der Waals surface area contributed by atoms with Crippen molar-refractivity contribution in [1.82, 2.24) is 14.8 Å². The van der Waals surface area contributed by atoms with E-state index in [9.17, 15) is 19.7 Å². The Morgan fingerprint density at radius 2 is 1.76 bits per heavy atom. The topological polar surface area (TPSA) is 139 Å². The number of non-ortho nitro benzene ring substituents is 1. The molecule has 4 rings (SSSR count). The molecule has 0 radical (unpaired) electrons. The maximum Gasteiger partial charge on any atom is 0.301 e. The molecular weight excluding hydrogens is 494 g/mol. The Labute approximate surface area is 216 Å². The lowest BCUT2D eigenvalue weighted by atomic mass is 9.93. The predicted molar refractivity (Wildman–Crippen MR) is 143 cm³/mol. The number of H-pyrrole nitrogens is 1. The molecule has 0 aliphatic rings. The molecule has 0 saturated carbocycles. The highest BCUT2D eigenvalue weighted by Crippen LogP contribution is 2.31. The largest absolute Gasteiger partial charge is 0.316 e. The van der Waals surface area contributed by atoms with Crippen molar-refractivity contribution >= 4 is 40.0 Å². The van der Waals surface area contributed by atoms with Crippen LogP contribution in [-0.2, 0) is 10.2 Å². The second kappa shape index (κ2) is 9.90. The highest BCUT2D eigenvalue weighted by molar-refractivity contribution is 7.12. The molecule has 0 aliphatic heterocycles. The first-order valence-corrected chi connectivity index (χ1v) is 12.2. The molecular formula is C25H25N7O4S. The van der Waals surface area contributed by atoms with Gasteiger partial charge in [0.25, 0.3) is 5.69 Å². The van der Waals surface area contributed by atoms with Gasteiger partial charge in [-0.25, -0.2) is 4.98 Å². The van der Waals surface area contributed by atoms with Gasteiger partial charge in [-0.3, -0.25) is 24.8 Å². The quantitative estimate of drug-likeness (QED) is 0.192. The zero-order valence-electron chi connectivity index (χ0n) is 20.9. The van der Waals surface area contributed by atoms with Crippen LogP contribution in [0.5, 0.6) is 0 Å². The number of nitrogens with zero attached hydrogens (tertiary/aromatic N) is 6. The van der Waals surface area contributed by atoms with E-state index in [2.05, 4.69) is 20.3 Å². The molecule has 0 spiro atoms. The van der Waals surface area contributed by atoms with E-state index < -0.39 is 10.5 Å². The molecule has 1 N–H and O–H groups in total. The Kier molecular flexibility index (Phi) is 6.86. The van der Waals surface area contributed by atoms with Crippen LogP contribution in [-0.4, -0.2) is 32.6 Å². The van der Waals surface area contributed by atoms with Gasteiger partial charge in [-0.1, -0.05) is 20.8 Å². The van der Waals surface area contributed by atoms with Crippen LogP contribution in [0.15, 0.2) is 68.9 Å². The molecule has 0 aliphatic carbocycles. The Balaban J connectivity index is 1.78. The number of nitrogens with one attached hydrogen (secondary N) is 1. The summed E-state index contributed by atoms with van der Waals surface area (Å²) in [5.74, 6) is -0.105. The third-order valence-corrected chi connectivity index (χ3v) is 6.49. The summed E-state index contributed by atoms with van der Waals surface area (Å²) >= 11 is 1.32. The SMILES string of the molecule is CC(=O)N(C)c1ccc(N=Nc2c(-c3ccc([N+](=O)[O-])cc3)[nH]n(-c3nc(C(C)(C)C)cs3)c2=O)cc1. The summed E-state index contributed by atoms with van der Waals surface area (Å²) in [6.45, 7) is 7.57. The van der Waals surface area contributed by atoms with Crippen molar-refractivity contribution in [3.8, 4) is 16.4 Å². The number of azo groups is 1. The summed E-state index contributed by atoms with van der Waals surface area (Å²) in [5, 5.41) is 25.0. The van der Waals surface area contributed by atoms with E-state index in [0.717, 1.165) is 5.69 Å². The van der Waals surface area contributed by atoms with Crippen molar-refractivity contribution in [2.45, 2.75) is 33.1 Å². The van der Waals surface area contributed by atoms with Crippen LogP contribution in [0.4, 0.5) is 22.7 Å². The minimum atomic E-state index is -0.491. The molecule has 0 fully saturated rings. The molecule has 37 heavy (non-hydrogen) atoms. The fourth-order valence-corrected chi connectivity index (χ4v) is 4.36. The maximum atomic E-state index is 13.4. The number of thiazole rings is 1. The van der Waals surface area contributed by atoms with Crippen molar-refractivity contribution in [1.29, 1.82) is 0 Å². The van der Waals surface area contributed by atoms with Crippen LogP contribution in [0.25, 0.3) is 16.4 Å². The van der Waals surface area contributed by atoms with E-state index >= 15 is 0 Å². The van der Waals surface area contributed by atoms with Gasteiger partial charge >= 0.3 is 5.56 Å². The number of carbonyl (C=O) groups is 1. The number of nitro groups is 1. The smallest absolute Gasteiger partial charge is 0.301 e. The van der Waals surface area contributed by atoms with Crippen molar-refractivity contribution in [2.24, 2.45) is 10.2 Å². The van der Waals surface area contributed by atoms with Gasteiger partial charge in [-0.05, 0) is 36.4 Å². The lowest BCUT2D eigenvalue weighted by Gasteiger charge is -2.14. The van der Waals surface area contributed by atoms with Gasteiger partial charge in [0.05, 0.1) is 22.0 Å². The second-order valence-corrected chi connectivity index (χ2v) is 10.2. The number of amides is 1. The molecule has 0 saturated heterocycles. The molecule has 2 aromatic heterocycles. The molecule has 2 aromatic carbocycles. The highest BCUT2D eigenvalue weighted by atomic mass is 32.1. The number of aromatic nitrogens is 3. The molecule has 190 valence electrons. The monoisotopic (exact) mass is 519 g/mol. The predicted octanol–water partition coefficient (Wildman–Crippen LogP) is 5.89.